The Bertz CT molecular complexity index is 2880. The van der Waals surface area contributed by atoms with Crippen LogP contribution in [0.4, 0.5) is 28.4 Å². The quantitative estimate of drug-likeness (QED) is 0.0160. The maximum Gasteiger partial charge on any atom is 0.260 e. The van der Waals surface area contributed by atoms with Crippen LogP contribution in [0, 0.1) is 0 Å². The summed E-state index contributed by atoms with van der Waals surface area (Å²) in [6, 6.07) is 27.5. The molecule has 5 aromatic carbocycles. The number of unbranched alkanes of at least 4 members (excludes halogenated alkanes) is 1. The van der Waals surface area contributed by atoms with Gasteiger partial charge in [0.05, 0.1) is 43.2 Å². The van der Waals surface area contributed by atoms with Gasteiger partial charge in [0, 0.05) is 71.8 Å². The van der Waals surface area contributed by atoms with Crippen LogP contribution in [-0.2, 0) is 35.6 Å². The number of hydrogen-bond donors (Lipinski definition) is 5. The van der Waals surface area contributed by atoms with E-state index in [0.29, 0.717) is 94.8 Å². The number of aliphatic hydroxyl groups excluding tert-OH is 2. The number of nitrogens with zero attached hydrogens (tertiary/aromatic N) is 3. The van der Waals surface area contributed by atoms with Crippen molar-refractivity contribution >= 4 is 74.5 Å². The maximum atomic E-state index is 14.2. The first-order chi connectivity index (χ1) is 37.6. The summed E-state index contributed by atoms with van der Waals surface area (Å²) in [5.41, 5.74) is 7.40. The Morgan fingerprint density at radius 2 is 1.50 bits per heavy atom. The predicted octanol–water partition coefficient (Wildman–Crippen LogP) is 10.4. The minimum absolute atomic E-state index is 0.0356. The van der Waals surface area contributed by atoms with Crippen LogP contribution in [0.25, 0.3) is 0 Å². The molecule has 3 aliphatic rings. The van der Waals surface area contributed by atoms with E-state index in [2.05, 4.69) is 50.6 Å². The Morgan fingerprint density at radius 1 is 0.872 bits per heavy atom. The van der Waals surface area contributed by atoms with Crippen LogP contribution in [0.5, 0.6) is 23.0 Å². The Balaban J connectivity index is 0.00000102. The van der Waals surface area contributed by atoms with Gasteiger partial charge >= 0.3 is 0 Å². The molecule has 3 aliphatic heterocycles. The van der Waals surface area contributed by atoms with Crippen molar-refractivity contribution in [3.8, 4) is 23.0 Å². The average Bonchev–Trinajstić information content (AvgIpc) is 4.05. The van der Waals surface area contributed by atoms with Gasteiger partial charge in [-0.3, -0.25) is 19.2 Å². The fourth-order valence-corrected chi connectivity index (χ4v) is 12.7. The first kappa shape index (κ1) is 59.1. The lowest BCUT2D eigenvalue weighted by Gasteiger charge is -2.29. The smallest absolute Gasteiger partial charge is 0.260 e. The van der Waals surface area contributed by atoms with Crippen LogP contribution >= 0.6 is 21.6 Å². The molecular formula is C60H76N6O10S2. The standard InChI is InChI=1S/C54H63N5O9S2.C6H13NO/c1-8-9-20-69-70-54(2,3)19-18-50(61)57(4)38-22-33(31-67-48-28-40(37(30-60)26-46(48)65-6)55-51(62)44-24-35-14-10-12-16-42(35)58(44)5)21-34(23-38)32-68-49-29-41-39(27-47(49)66-7)53(64)59-43-17-13-11-15-36(43)25-45(59)52(63)56-41;1-3-6(4-2)7-5-8/h10-17,21-23,26-30,44-45,51-52,55-56,62-63H,8-9,18-20,24-25,31-32H2,1-7H3;5-6H,3-4H2,1-2H3,(H,7,8)/t44?,45?,51?,52-;/m1./s1. The van der Waals surface area contributed by atoms with Gasteiger partial charge < -0.3 is 59.8 Å². The zero-order valence-corrected chi connectivity index (χ0v) is 47.9. The van der Waals surface area contributed by atoms with Gasteiger partial charge in [0.15, 0.2) is 29.3 Å². The lowest BCUT2D eigenvalue weighted by Crippen LogP contribution is -2.45. The van der Waals surface area contributed by atoms with E-state index in [-0.39, 0.29) is 41.4 Å². The number of para-hydroxylation sites is 2. The van der Waals surface area contributed by atoms with E-state index >= 15 is 0 Å². The number of rotatable bonds is 25. The third kappa shape index (κ3) is 14.2. The van der Waals surface area contributed by atoms with Crippen molar-refractivity contribution in [3.63, 3.8) is 0 Å². The summed E-state index contributed by atoms with van der Waals surface area (Å²) in [5.74, 6) is 2.10. The number of hydrogen-bond acceptors (Lipinski definition) is 15. The second-order valence-electron chi connectivity index (χ2n) is 20.4. The molecule has 0 aliphatic carbocycles. The van der Waals surface area contributed by atoms with Crippen molar-refractivity contribution in [3.05, 3.63) is 124 Å². The number of amides is 3. The molecule has 0 bridgehead atoms. The Morgan fingerprint density at radius 3 is 2.10 bits per heavy atom. The van der Waals surface area contributed by atoms with E-state index < -0.39 is 18.5 Å². The Kier molecular flexibility index (Phi) is 20.7. The second-order valence-corrected chi connectivity index (χ2v) is 23.5. The zero-order chi connectivity index (χ0) is 56.1. The van der Waals surface area contributed by atoms with E-state index in [1.54, 1.807) is 41.1 Å². The normalized spacial score (nSPS) is 16.5. The van der Waals surface area contributed by atoms with Crippen molar-refractivity contribution in [1.29, 1.82) is 0 Å². The molecule has 0 aromatic heterocycles. The number of benzene rings is 5. The van der Waals surface area contributed by atoms with Crippen LogP contribution < -0.4 is 49.6 Å². The number of aliphatic hydroxyl groups is 2. The highest BCUT2D eigenvalue weighted by molar-refractivity contribution is 8.77. The molecule has 3 unspecified atom stereocenters. The number of likely N-dealkylation sites (N-methyl/N-ethyl adjacent to an activating group) is 1. The summed E-state index contributed by atoms with van der Waals surface area (Å²) in [7, 11) is 10.4. The topological polar surface area (TPSA) is 191 Å². The maximum absolute atomic E-state index is 14.2. The molecule has 0 radical (unpaired) electrons. The van der Waals surface area contributed by atoms with E-state index in [1.165, 1.54) is 14.2 Å². The molecule has 8 rings (SSSR count). The zero-order valence-electron chi connectivity index (χ0n) is 46.3. The largest absolute Gasteiger partial charge is 0.493 e. The molecule has 0 saturated carbocycles. The van der Waals surface area contributed by atoms with Gasteiger partial charge in [-0.05, 0) is 117 Å². The summed E-state index contributed by atoms with van der Waals surface area (Å²) in [4.78, 5) is 55.6. The summed E-state index contributed by atoms with van der Waals surface area (Å²) in [6.07, 6.45) is 5.90. The Hall–Kier alpha value is -6.60. The fourth-order valence-electron chi connectivity index (χ4n) is 9.87. The molecule has 4 atom stereocenters. The summed E-state index contributed by atoms with van der Waals surface area (Å²) < 4.78 is 24.3. The third-order valence-electron chi connectivity index (χ3n) is 14.5. The first-order valence-corrected chi connectivity index (χ1v) is 29.0. The van der Waals surface area contributed by atoms with Gasteiger partial charge in [-0.15, -0.1) is 0 Å². The molecule has 18 heteroatoms. The monoisotopic (exact) mass is 1100 g/mol. The lowest BCUT2D eigenvalue weighted by molar-refractivity contribution is -0.118. The SMILES string of the molecule is CCC(CC)NC=O.CCCCSSC(C)(C)CCC(=O)N(C)c1cc(COc2cc(NC(O)C3Cc4ccccc4N3C)c(C=O)cc2OC)cc(COc2cc3c(cc2OC)C(=O)N2c4ccccc4CC2[C@@H](O)N3)c1. The Labute approximate surface area is 467 Å². The highest BCUT2D eigenvalue weighted by Crippen LogP contribution is 2.43. The van der Waals surface area contributed by atoms with Gasteiger partial charge in [0.1, 0.15) is 25.7 Å². The third-order valence-corrected chi connectivity index (χ3v) is 18.0. The highest BCUT2D eigenvalue weighted by atomic mass is 33.1. The number of methoxy groups -OCH3 is 2. The molecule has 0 spiro atoms. The highest BCUT2D eigenvalue weighted by Gasteiger charge is 2.42. The summed E-state index contributed by atoms with van der Waals surface area (Å²) in [6.45, 7) is 10.7. The molecule has 5 aromatic rings. The number of carbonyl (C=O) groups is 4. The van der Waals surface area contributed by atoms with Crippen molar-refractivity contribution in [2.75, 3.05) is 59.4 Å². The molecule has 0 saturated heterocycles. The van der Waals surface area contributed by atoms with E-state index in [1.807, 2.05) is 100 Å². The number of fused-ring (bicyclic) bond motifs is 5. The van der Waals surface area contributed by atoms with Crippen molar-refractivity contribution in [2.45, 2.75) is 135 Å². The second kappa shape index (κ2) is 27.3. The number of carbonyl (C=O) groups excluding carboxylic acids is 4. The number of nitrogens with one attached hydrogen (secondary N) is 3. The van der Waals surface area contributed by atoms with Crippen LogP contribution in [0.2, 0.25) is 0 Å². The molecular weight excluding hydrogens is 1030 g/mol. The van der Waals surface area contributed by atoms with E-state index in [9.17, 15) is 29.4 Å². The average molecular weight is 1110 g/mol. The van der Waals surface area contributed by atoms with Crippen LogP contribution in [0.1, 0.15) is 116 Å². The fraction of sp³-hybridized carbons (Fsp3) is 0.433. The van der Waals surface area contributed by atoms with Crippen molar-refractivity contribution < 1.29 is 48.3 Å². The minimum atomic E-state index is -1.05. The van der Waals surface area contributed by atoms with Crippen molar-refractivity contribution in [1.82, 2.24) is 5.32 Å². The molecule has 3 heterocycles. The molecule has 78 heavy (non-hydrogen) atoms. The first-order valence-electron chi connectivity index (χ1n) is 26.7. The van der Waals surface area contributed by atoms with Gasteiger partial charge in [-0.2, -0.15) is 0 Å². The molecule has 418 valence electrons. The van der Waals surface area contributed by atoms with Crippen LogP contribution in [0.15, 0.2) is 91.0 Å². The number of aldehydes is 1. The minimum Gasteiger partial charge on any atom is -0.493 e. The van der Waals surface area contributed by atoms with Crippen LogP contribution in [0.3, 0.4) is 0 Å². The summed E-state index contributed by atoms with van der Waals surface area (Å²) in [5, 5.41) is 31.9. The predicted molar refractivity (Wildman–Crippen MR) is 314 cm³/mol. The van der Waals surface area contributed by atoms with E-state index in [0.717, 1.165) is 60.3 Å². The lowest BCUT2D eigenvalue weighted by atomic mass is 10.1. The van der Waals surface area contributed by atoms with Crippen molar-refractivity contribution in [2.24, 2.45) is 0 Å². The molecule has 16 nitrogen and oxygen atoms in total. The van der Waals surface area contributed by atoms with Gasteiger partial charge in [0.25, 0.3) is 5.91 Å². The summed E-state index contributed by atoms with van der Waals surface area (Å²) >= 11 is 0. The van der Waals surface area contributed by atoms with Gasteiger partial charge in [0.2, 0.25) is 12.3 Å². The molecule has 3 amide bonds. The number of ether oxygens (including phenoxy) is 4. The number of anilines is 5. The molecule has 0 fully saturated rings. The van der Waals surface area contributed by atoms with Gasteiger partial charge in [-0.25, -0.2) is 0 Å². The van der Waals surface area contributed by atoms with Crippen LogP contribution in [-0.4, -0.2) is 104 Å². The molecule has 5 N–H and O–H groups in total. The van der Waals surface area contributed by atoms with E-state index in [4.69, 9.17) is 18.9 Å². The van der Waals surface area contributed by atoms with Gasteiger partial charge in [-0.1, -0.05) is 85.2 Å².